The maximum atomic E-state index is 12.1. The molecule has 1 aliphatic heterocycles. The SMILES string of the molecule is COCCNC(=O)[C@H](C)OC(=O)c1ccc(C2SCCS2)cc1. The second kappa shape index (κ2) is 9.20. The molecular formula is C16H21NO4S2. The third-order valence-corrected chi connectivity index (χ3v) is 6.40. The Morgan fingerprint density at radius 1 is 1.26 bits per heavy atom. The summed E-state index contributed by atoms with van der Waals surface area (Å²) >= 11 is 3.83. The molecule has 7 heteroatoms. The lowest BCUT2D eigenvalue weighted by atomic mass is 10.1. The minimum Gasteiger partial charge on any atom is -0.449 e. The summed E-state index contributed by atoms with van der Waals surface area (Å²) in [6.07, 6.45) is -0.833. The van der Waals surface area contributed by atoms with Crippen molar-refractivity contribution in [1.29, 1.82) is 0 Å². The van der Waals surface area contributed by atoms with Crippen LogP contribution in [0.5, 0.6) is 0 Å². The number of methoxy groups -OCH3 is 1. The number of esters is 1. The van der Waals surface area contributed by atoms with Crippen molar-refractivity contribution >= 4 is 35.4 Å². The van der Waals surface area contributed by atoms with Crippen molar-refractivity contribution in [3.8, 4) is 0 Å². The van der Waals surface area contributed by atoms with Crippen LogP contribution in [0.1, 0.15) is 27.4 Å². The van der Waals surface area contributed by atoms with E-state index in [0.29, 0.717) is 23.3 Å². The van der Waals surface area contributed by atoms with Crippen molar-refractivity contribution in [1.82, 2.24) is 5.32 Å². The predicted octanol–water partition coefficient (Wildman–Crippen LogP) is 2.47. The van der Waals surface area contributed by atoms with Crippen molar-refractivity contribution in [2.45, 2.75) is 17.6 Å². The Bertz CT molecular complexity index is 529. The number of amides is 1. The average Bonchev–Trinajstić information content (AvgIpc) is 3.09. The summed E-state index contributed by atoms with van der Waals surface area (Å²) in [6.45, 7) is 2.37. The van der Waals surface area contributed by atoms with Gasteiger partial charge in [0.15, 0.2) is 6.10 Å². The van der Waals surface area contributed by atoms with Crippen molar-refractivity contribution < 1.29 is 19.1 Å². The number of carbonyl (C=O) groups excluding carboxylic acids is 2. The third-order valence-electron chi connectivity index (χ3n) is 3.30. The molecule has 0 aliphatic carbocycles. The predicted molar refractivity (Wildman–Crippen MR) is 93.9 cm³/mol. The van der Waals surface area contributed by atoms with Gasteiger partial charge in [-0.1, -0.05) is 12.1 Å². The highest BCUT2D eigenvalue weighted by molar-refractivity contribution is 8.19. The Labute approximate surface area is 144 Å². The fourth-order valence-electron chi connectivity index (χ4n) is 2.03. The van der Waals surface area contributed by atoms with E-state index in [-0.39, 0.29) is 5.91 Å². The standard InChI is InChI=1S/C16H21NO4S2/c1-11(14(18)17-7-8-20-2)21-15(19)12-3-5-13(6-4-12)16-22-9-10-23-16/h3-6,11,16H,7-10H2,1-2H3,(H,17,18)/t11-/m0/s1. The van der Waals surface area contributed by atoms with E-state index in [4.69, 9.17) is 9.47 Å². The van der Waals surface area contributed by atoms with E-state index < -0.39 is 12.1 Å². The quantitative estimate of drug-likeness (QED) is 0.599. The van der Waals surface area contributed by atoms with Crippen LogP contribution in [-0.2, 0) is 14.3 Å². The van der Waals surface area contributed by atoms with Gasteiger partial charge in [0.25, 0.3) is 5.91 Å². The Balaban J connectivity index is 1.86. The number of rotatable bonds is 7. The van der Waals surface area contributed by atoms with Crippen molar-refractivity contribution in [3.63, 3.8) is 0 Å². The van der Waals surface area contributed by atoms with Crippen LogP contribution in [-0.4, -0.2) is 49.7 Å². The molecule has 1 N–H and O–H groups in total. The number of thioether (sulfide) groups is 2. The molecule has 1 saturated heterocycles. The van der Waals surface area contributed by atoms with E-state index in [1.54, 1.807) is 26.2 Å². The van der Waals surface area contributed by atoms with Gasteiger partial charge in [0.05, 0.1) is 16.8 Å². The highest BCUT2D eigenvalue weighted by Gasteiger charge is 2.20. The van der Waals surface area contributed by atoms with Gasteiger partial charge in [0, 0.05) is 25.2 Å². The molecule has 0 radical (unpaired) electrons. The minimum atomic E-state index is -0.833. The zero-order valence-electron chi connectivity index (χ0n) is 13.2. The normalized spacial score (nSPS) is 16.1. The molecule has 0 saturated carbocycles. The highest BCUT2D eigenvalue weighted by Crippen LogP contribution is 2.45. The average molecular weight is 355 g/mol. The summed E-state index contributed by atoms with van der Waals surface area (Å²) in [7, 11) is 1.56. The van der Waals surface area contributed by atoms with Gasteiger partial charge in [0.1, 0.15) is 0 Å². The van der Waals surface area contributed by atoms with Gasteiger partial charge in [-0.05, 0) is 24.6 Å². The van der Waals surface area contributed by atoms with E-state index >= 15 is 0 Å². The van der Waals surface area contributed by atoms with E-state index in [0.717, 1.165) is 11.5 Å². The Morgan fingerprint density at radius 2 is 1.91 bits per heavy atom. The zero-order valence-corrected chi connectivity index (χ0v) is 14.9. The molecule has 0 aromatic heterocycles. The number of benzene rings is 1. The molecule has 126 valence electrons. The number of hydrogen-bond acceptors (Lipinski definition) is 6. The van der Waals surface area contributed by atoms with Crippen LogP contribution in [0.4, 0.5) is 0 Å². The fourth-order valence-corrected chi connectivity index (χ4v) is 4.89. The molecule has 1 aliphatic rings. The molecule has 1 heterocycles. The number of nitrogens with one attached hydrogen (secondary N) is 1. The number of ether oxygens (including phenoxy) is 2. The van der Waals surface area contributed by atoms with Crippen LogP contribution >= 0.6 is 23.5 Å². The van der Waals surface area contributed by atoms with Gasteiger partial charge in [0.2, 0.25) is 0 Å². The first kappa shape index (κ1) is 18.2. The largest absolute Gasteiger partial charge is 0.449 e. The minimum absolute atomic E-state index is 0.328. The summed E-state index contributed by atoms with van der Waals surface area (Å²) in [5.74, 6) is 1.51. The summed E-state index contributed by atoms with van der Waals surface area (Å²) in [6, 6.07) is 7.42. The monoisotopic (exact) mass is 355 g/mol. The van der Waals surface area contributed by atoms with Gasteiger partial charge in [-0.3, -0.25) is 4.79 Å². The summed E-state index contributed by atoms with van der Waals surface area (Å²) in [4.78, 5) is 23.8. The summed E-state index contributed by atoms with van der Waals surface area (Å²) in [5.41, 5.74) is 1.66. The van der Waals surface area contributed by atoms with Crippen LogP contribution in [0, 0.1) is 0 Å². The van der Waals surface area contributed by atoms with Crippen LogP contribution in [0.3, 0.4) is 0 Å². The van der Waals surface area contributed by atoms with Crippen molar-refractivity contribution in [2.24, 2.45) is 0 Å². The smallest absolute Gasteiger partial charge is 0.338 e. The molecule has 0 spiro atoms. The number of carbonyl (C=O) groups is 2. The zero-order chi connectivity index (χ0) is 16.7. The molecule has 1 amide bonds. The van der Waals surface area contributed by atoms with Gasteiger partial charge in [-0.15, -0.1) is 23.5 Å². The van der Waals surface area contributed by atoms with E-state index in [1.807, 2.05) is 35.7 Å². The van der Waals surface area contributed by atoms with Crippen LogP contribution in [0.25, 0.3) is 0 Å². The maximum Gasteiger partial charge on any atom is 0.338 e. The lowest BCUT2D eigenvalue weighted by molar-refractivity contribution is -0.129. The lowest BCUT2D eigenvalue weighted by Crippen LogP contribution is -2.37. The van der Waals surface area contributed by atoms with E-state index in [2.05, 4.69) is 5.32 Å². The molecular weight excluding hydrogens is 334 g/mol. The van der Waals surface area contributed by atoms with Crippen LogP contribution < -0.4 is 5.32 Å². The molecule has 1 aromatic rings. The first-order valence-electron chi connectivity index (χ1n) is 7.42. The molecule has 5 nitrogen and oxygen atoms in total. The first-order chi connectivity index (χ1) is 11.1. The molecule has 0 bridgehead atoms. The molecule has 1 fully saturated rings. The van der Waals surface area contributed by atoms with Gasteiger partial charge >= 0.3 is 5.97 Å². The second-order valence-electron chi connectivity index (χ2n) is 5.03. The third kappa shape index (κ3) is 5.44. The fraction of sp³-hybridized carbons (Fsp3) is 0.500. The molecule has 23 heavy (non-hydrogen) atoms. The van der Waals surface area contributed by atoms with Crippen molar-refractivity contribution in [2.75, 3.05) is 31.8 Å². The van der Waals surface area contributed by atoms with E-state index in [9.17, 15) is 9.59 Å². The molecule has 2 rings (SSSR count). The maximum absolute atomic E-state index is 12.1. The first-order valence-corrected chi connectivity index (χ1v) is 9.52. The topological polar surface area (TPSA) is 64.6 Å². The Morgan fingerprint density at radius 3 is 2.52 bits per heavy atom. The van der Waals surface area contributed by atoms with E-state index in [1.165, 1.54) is 5.56 Å². The van der Waals surface area contributed by atoms with Crippen LogP contribution in [0.2, 0.25) is 0 Å². The van der Waals surface area contributed by atoms with Gasteiger partial charge in [-0.2, -0.15) is 0 Å². The summed E-state index contributed by atoms with van der Waals surface area (Å²) < 4.78 is 10.5. The molecule has 0 unspecified atom stereocenters. The highest BCUT2D eigenvalue weighted by atomic mass is 32.2. The lowest BCUT2D eigenvalue weighted by Gasteiger charge is -2.14. The molecule has 1 aromatic carbocycles. The van der Waals surface area contributed by atoms with Crippen LogP contribution in [0.15, 0.2) is 24.3 Å². The van der Waals surface area contributed by atoms with Gasteiger partial charge < -0.3 is 14.8 Å². The number of hydrogen-bond donors (Lipinski definition) is 1. The summed E-state index contributed by atoms with van der Waals surface area (Å²) in [5, 5.41) is 2.64. The van der Waals surface area contributed by atoms with Gasteiger partial charge in [-0.25, -0.2) is 4.79 Å². The Kier molecular flexibility index (Phi) is 7.26. The molecule has 1 atom stereocenters. The second-order valence-corrected chi connectivity index (χ2v) is 7.75. The van der Waals surface area contributed by atoms with Crippen molar-refractivity contribution in [3.05, 3.63) is 35.4 Å². The Hall–Kier alpha value is -1.18.